The third kappa shape index (κ3) is 1.22. The van der Waals surface area contributed by atoms with E-state index in [0.29, 0.717) is 10.2 Å². The molecule has 0 nitrogen and oxygen atoms in total. The molecule has 2 fully saturated rings. The normalized spacial score (nSPS) is 44.0. The van der Waals surface area contributed by atoms with Crippen LogP contribution >= 0.6 is 15.9 Å². The summed E-state index contributed by atoms with van der Waals surface area (Å²) in [5, 5.41) is 0. The van der Waals surface area contributed by atoms with E-state index >= 15 is 0 Å². The molecular formula is C9H11Br. The summed E-state index contributed by atoms with van der Waals surface area (Å²) in [7, 11) is 0. The molecule has 0 aromatic carbocycles. The summed E-state index contributed by atoms with van der Waals surface area (Å²) in [6.45, 7) is 2.24. The fourth-order valence-corrected chi connectivity index (χ4v) is 1.72. The lowest BCUT2D eigenvalue weighted by atomic mass is 10.1. The Morgan fingerprint density at radius 3 is 2.50 bits per heavy atom. The summed E-state index contributed by atoms with van der Waals surface area (Å²) in [4.78, 5) is 0.672. The number of alkyl halides is 1. The van der Waals surface area contributed by atoms with Gasteiger partial charge in [-0.2, -0.15) is 0 Å². The second-order valence-electron chi connectivity index (χ2n) is 3.63. The van der Waals surface area contributed by atoms with E-state index in [4.69, 9.17) is 0 Å². The minimum atomic E-state index is 0.336. The van der Waals surface area contributed by atoms with Crippen molar-refractivity contribution < 1.29 is 0 Å². The van der Waals surface area contributed by atoms with Crippen molar-refractivity contribution in [1.82, 2.24) is 0 Å². The molecule has 10 heavy (non-hydrogen) atoms. The van der Waals surface area contributed by atoms with Crippen LogP contribution in [0.25, 0.3) is 0 Å². The van der Waals surface area contributed by atoms with Crippen LogP contribution in [0.3, 0.4) is 0 Å². The Balaban J connectivity index is 1.96. The van der Waals surface area contributed by atoms with Gasteiger partial charge in [-0.05, 0) is 26.2 Å². The van der Waals surface area contributed by atoms with Crippen molar-refractivity contribution in [2.45, 2.75) is 31.0 Å². The van der Waals surface area contributed by atoms with Gasteiger partial charge in [0.15, 0.2) is 0 Å². The predicted molar refractivity (Wildman–Crippen MR) is 45.9 cm³/mol. The first kappa shape index (κ1) is 6.73. The largest absolute Gasteiger partial charge is 0.0993 e. The van der Waals surface area contributed by atoms with E-state index in [9.17, 15) is 0 Å². The minimum Gasteiger partial charge on any atom is -0.0993 e. The van der Waals surface area contributed by atoms with Gasteiger partial charge in [0.2, 0.25) is 0 Å². The average Bonchev–Trinajstić information content (AvgIpc) is 2.70. The fraction of sp³-hybridized carbons (Fsp3) is 0.778. The van der Waals surface area contributed by atoms with Crippen LogP contribution in [-0.2, 0) is 0 Å². The molecule has 0 bridgehead atoms. The van der Waals surface area contributed by atoms with E-state index in [1.807, 2.05) is 0 Å². The van der Waals surface area contributed by atoms with Gasteiger partial charge in [0, 0.05) is 16.2 Å². The van der Waals surface area contributed by atoms with Gasteiger partial charge in [-0.25, -0.2) is 0 Å². The van der Waals surface area contributed by atoms with Crippen molar-refractivity contribution in [2.24, 2.45) is 11.3 Å². The number of rotatable bonds is 0. The van der Waals surface area contributed by atoms with Crippen molar-refractivity contribution in [2.75, 3.05) is 0 Å². The third-order valence-electron chi connectivity index (χ3n) is 2.27. The SMILES string of the molecule is CC1(C#CC2CC2)CC1Br. The van der Waals surface area contributed by atoms with Crippen LogP contribution in [0.15, 0.2) is 0 Å². The maximum Gasteiger partial charge on any atom is 0.0423 e. The van der Waals surface area contributed by atoms with Gasteiger partial charge in [-0.3, -0.25) is 0 Å². The maximum absolute atomic E-state index is 3.57. The van der Waals surface area contributed by atoms with Crippen LogP contribution in [0.5, 0.6) is 0 Å². The molecule has 2 atom stereocenters. The molecule has 2 saturated carbocycles. The van der Waals surface area contributed by atoms with Crippen molar-refractivity contribution in [1.29, 1.82) is 0 Å². The Hall–Kier alpha value is 0.0400. The van der Waals surface area contributed by atoms with Crippen LogP contribution in [0, 0.1) is 23.2 Å². The molecule has 0 radical (unpaired) electrons. The quantitative estimate of drug-likeness (QED) is 0.415. The Morgan fingerprint density at radius 1 is 1.50 bits per heavy atom. The highest BCUT2D eigenvalue weighted by Crippen LogP contribution is 2.50. The zero-order valence-electron chi connectivity index (χ0n) is 6.15. The van der Waals surface area contributed by atoms with Gasteiger partial charge in [0.1, 0.15) is 0 Å². The summed E-state index contributed by atoms with van der Waals surface area (Å²) >= 11 is 3.57. The van der Waals surface area contributed by atoms with Crippen LogP contribution in [0.1, 0.15) is 26.2 Å². The molecule has 0 heterocycles. The lowest BCUT2D eigenvalue weighted by Gasteiger charge is -1.93. The molecule has 2 aliphatic rings. The summed E-state index contributed by atoms with van der Waals surface area (Å²) in [6, 6.07) is 0. The Kier molecular flexibility index (Phi) is 1.35. The Labute approximate surface area is 70.5 Å². The predicted octanol–water partition coefficient (Wildman–Crippen LogP) is 2.57. The molecule has 2 unspecified atom stereocenters. The van der Waals surface area contributed by atoms with Crippen LogP contribution in [-0.4, -0.2) is 4.83 Å². The van der Waals surface area contributed by atoms with Gasteiger partial charge >= 0.3 is 0 Å². The van der Waals surface area contributed by atoms with E-state index < -0.39 is 0 Å². The second-order valence-corrected chi connectivity index (χ2v) is 4.74. The number of halogens is 1. The second kappa shape index (κ2) is 2.01. The molecule has 0 aromatic rings. The maximum atomic E-state index is 3.57. The molecule has 2 rings (SSSR count). The molecule has 0 aromatic heterocycles. The molecular weight excluding hydrogens is 188 g/mol. The molecule has 2 aliphatic carbocycles. The fourth-order valence-electron chi connectivity index (χ4n) is 0.937. The van der Waals surface area contributed by atoms with Crippen molar-refractivity contribution in [3.05, 3.63) is 0 Å². The van der Waals surface area contributed by atoms with E-state index in [1.165, 1.54) is 19.3 Å². The summed E-state index contributed by atoms with van der Waals surface area (Å²) in [5.74, 6) is 7.42. The van der Waals surface area contributed by atoms with Gasteiger partial charge in [-0.15, -0.1) is 0 Å². The van der Waals surface area contributed by atoms with E-state index in [2.05, 4.69) is 34.7 Å². The first-order valence-corrected chi connectivity index (χ1v) is 4.79. The summed E-state index contributed by atoms with van der Waals surface area (Å²) < 4.78 is 0. The highest BCUT2D eigenvalue weighted by Gasteiger charge is 2.47. The highest BCUT2D eigenvalue weighted by molar-refractivity contribution is 9.09. The summed E-state index contributed by atoms with van der Waals surface area (Å²) in [5.41, 5.74) is 0.336. The standard InChI is InChI=1S/C9H11Br/c1-9(6-8(9)10)5-4-7-2-3-7/h7-8H,2-3,6H2,1H3. The highest BCUT2D eigenvalue weighted by atomic mass is 79.9. The lowest BCUT2D eigenvalue weighted by Crippen LogP contribution is -1.91. The number of hydrogen-bond donors (Lipinski definition) is 0. The smallest absolute Gasteiger partial charge is 0.0423 e. The molecule has 0 saturated heterocycles. The minimum absolute atomic E-state index is 0.336. The monoisotopic (exact) mass is 198 g/mol. The van der Waals surface area contributed by atoms with Crippen LogP contribution in [0.2, 0.25) is 0 Å². The Morgan fingerprint density at radius 2 is 2.10 bits per heavy atom. The third-order valence-corrected chi connectivity index (χ3v) is 3.61. The van der Waals surface area contributed by atoms with Crippen molar-refractivity contribution >= 4 is 15.9 Å². The molecule has 0 N–H and O–H groups in total. The van der Waals surface area contributed by atoms with Crippen molar-refractivity contribution in [3.8, 4) is 11.8 Å². The van der Waals surface area contributed by atoms with Crippen molar-refractivity contribution in [3.63, 3.8) is 0 Å². The van der Waals surface area contributed by atoms with E-state index in [-0.39, 0.29) is 0 Å². The lowest BCUT2D eigenvalue weighted by molar-refractivity contribution is 0.787. The molecule has 54 valence electrons. The van der Waals surface area contributed by atoms with Gasteiger partial charge in [0.25, 0.3) is 0 Å². The van der Waals surface area contributed by atoms with E-state index in [1.54, 1.807) is 0 Å². The van der Waals surface area contributed by atoms with Crippen LogP contribution < -0.4 is 0 Å². The van der Waals surface area contributed by atoms with Gasteiger partial charge in [0.05, 0.1) is 0 Å². The van der Waals surface area contributed by atoms with Gasteiger partial charge < -0.3 is 0 Å². The molecule has 0 spiro atoms. The zero-order valence-corrected chi connectivity index (χ0v) is 7.74. The van der Waals surface area contributed by atoms with E-state index in [0.717, 1.165) is 5.92 Å². The topological polar surface area (TPSA) is 0 Å². The molecule has 1 heteroatoms. The average molecular weight is 199 g/mol. The molecule has 0 aliphatic heterocycles. The van der Waals surface area contributed by atoms with Crippen LogP contribution in [0.4, 0.5) is 0 Å². The number of hydrogen-bond acceptors (Lipinski definition) is 0. The molecule has 0 amide bonds. The summed E-state index contributed by atoms with van der Waals surface area (Å²) in [6.07, 6.45) is 3.93. The zero-order chi connectivity index (χ0) is 7.19. The first-order chi connectivity index (χ1) is 4.71. The first-order valence-electron chi connectivity index (χ1n) is 3.87. The van der Waals surface area contributed by atoms with Gasteiger partial charge in [-0.1, -0.05) is 27.8 Å². The Bertz CT molecular complexity index is 207.